The van der Waals surface area contributed by atoms with Crippen molar-refractivity contribution < 1.29 is 13.2 Å². The summed E-state index contributed by atoms with van der Waals surface area (Å²) >= 11 is 0. The van der Waals surface area contributed by atoms with Crippen LogP contribution >= 0.6 is 0 Å². The largest absolute Gasteiger partial charge is 0.204 e. The van der Waals surface area contributed by atoms with Crippen LogP contribution in [0.3, 0.4) is 0 Å². The van der Waals surface area contributed by atoms with Gasteiger partial charge in [0.25, 0.3) is 0 Å². The van der Waals surface area contributed by atoms with Crippen molar-refractivity contribution in [1.82, 2.24) is 0 Å². The van der Waals surface area contributed by atoms with Gasteiger partial charge in [-0.05, 0) is 36.1 Å². The second kappa shape index (κ2) is 13.1. The minimum absolute atomic E-state index is 0.143. The lowest BCUT2D eigenvalue weighted by Crippen LogP contribution is -2.33. The molecular weight excluding hydrogens is 409 g/mol. The Bertz CT molecular complexity index is 786. The molecule has 0 saturated carbocycles. The van der Waals surface area contributed by atoms with Crippen molar-refractivity contribution >= 4 is 8.07 Å². The summed E-state index contributed by atoms with van der Waals surface area (Å²) < 4.78 is 41.3. The summed E-state index contributed by atoms with van der Waals surface area (Å²) in [6.07, 6.45) is 9.56. The molecule has 0 atom stereocenters. The molecule has 0 saturated heterocycles. The van der Waals surface area contributed by atoms with Crippen LogP contribution in [0, 0.1) is 17.5 Å². The zero-order valence-corrected chi connectivity index (χ0v) is 20.6. The smallest absolute Gasteiger partial charge is 0.195 e. The number of unbranched alkanes of at least 4 members (excludes halogenated alkanes) is 3. The highest BCUT2D eigenvalue weighted by Crippen LogP contribution is 2.33. The predicted molar refractivity (Wildman–Crippen MR) is 130 cm³/mol. The molecule has 2 aromatic carbocycles. The molecule has 0 bridgehead atoms. The third-order valence-electron chi connectivity index (χ3n) is 6.59. The summed E-state index contributed by atoms with van der Waals surface area (Å²) in [6.45, 7) is 7.00. The first-order valence-electron chi connectivity index (χ1n) is 12.2. The van der Waals surface area contributed by atoms with Gasteiger partial charge in [0.2, 0.25) is 0 Å². The van der Waals surface area contributed by atoms with E-state index in [9.17, 15) is 13.2 Å². The Morgan fingerprint density at radius 2 is 1.23 bits per heavy atom. The van der Waals surface area contributed by atoms with Crippen molar-refractivity contribution in [2.45, 2.75) is 96.3 Å². The van der Waals surface area contributed by atoms with Crippen LogP contribution in [-0.2, 0) is 6.42 Å². The molecule has 0 amide bonds. The van der Waals surface area contributed by atoms with Gasteiger partial charge in [0.15, 0.2) is 17.5 Å². The normalized spacial score (nSPS) is 11.8. The van der Waals surface area contributed by atoms with Crippen molar-refractivity contribution in [3.8, 4) is 11.1 Å². The molecule has 31 heavy (non-hydrogen) atoms. The Kier molecular flexibility index (Phi) is 10.9. The molecule has 0 aliphatic carbocycles. The van der Waals surface area contributed by atoms with E-state index in [-0.39, 0.29) is 5.56 Å². The van der Waals surface area contributed by atoms with Crippen LogP contribution < -0.4 is 0 Å². The lowest BCUT2D eigenvalue weighted by Gasteiger charge is -2.31. The van der Waals surface area contributed by atoms with E-state index >= 15 is 0 Å². The molecule has 172 valence electrons. The molecule has 0 fully saturated rings. The van der Waals surface area contributed by atoms with Crippen LogP contribution in [0.15, 0.2) is 36.4 Å². The van der Waals surface area contributed by atoms with Gasteiger partial charge < -0.3 is 0 Å². The molecule has 0 aliphatic heterocycles. The molecule has 2 rings (SSSR count). The third-order valence-corrected chi connectivity index (χ3v) is 12.7. The van der Waals surface area contributed by atoms with Gasteiger partial charge >= 0.3 is 0 Å². The predicted octanol–water partition coefficient (Wildman–Crippen LogP) is 9.55. The van der Waals surface area contributed by atoms with Gasteiger partial charge in [0.05, 0.1) is 8.07 Å². The monoisotopic (exact) mass is 448 g/mol. The average Bonchev–Trinajstić information content (AvgIpc) is 2.76. The highest BCUT2D eigenvalue weighted by molar-refractivity contribution is 6.79. The van der Waals surface area contributed by atoms with Crippen LogP contribution in [0.4, 0.5) is 13.2 Å². The van der Waals surface area contributed by atoms with Crippen molar-refractivity contribution in [1.29, 1.82) is 0 Å². The van der Waals surface area contributed by atoms with Crippen LogP contribution in [0.2, 0.25) is 24.2 Å². The lowest BCUT2D eigenvalue weighted by atomic mass is 9.95. The molecule has 0 heterocycles. The maximum Gasteiger partial charge on any atom is 0.195 e. The number of rotatable bonds is 14. The Hall–Kier alpha value is -1.55. The van der Waals surface area contributed by atoms with Crippen LogP contribution in [0.25, 0.3) is 11.1 Å². The van der Waals surface area contributed by atoms with E-state index in [1.807, 2.05) is 18.2 Å². The average molecular weight is 449 g/mol. The number of halogens is 3. The molecule has 0 aromatic heterocycles. The standard InChI is InChI=1S/C27H39F3Si/c1-4-18-31(19-5-2,20-6-3)21-12-8-7-9-13-22-14-10-11-15-23(22)24-16-17-25(28)27(30)26(24)29/h10-11,14-17H,4-9,12-13,18-21H2,1-3H3. The van der Waals surface area contributed by atoms with Gasteiger partial charge in [-0.25, -0.2) is 13.2 Å². The fraction of sp³-hybridized carbons (Fsp3) is 0.556. The highest BCUT2D eigenvalue weighted by atomic mass is 28.3. The van der Waals surface area contributed by atoms with Gasteiger partial charge in [0.1, 0.15) is 0 Å². The Balaban J connectivity index is 1.92. The fourth-order valence-electron chi connectivity index (χ4n) is 5.24. The summed E-state index contributed by atoms with van der Waals surface area (Å²) in [5.74, 6) is -3.64. The number of hydrogen-bond acceptors (Lipinski definition) is 0. The van der Waals surface area contributed by atoms with Crippen molar-refractivity contribution in [3.05, 3.63) is 59.4 Å². The second-order valence-corrected chi connectivity index (χ2v) is 14.0. The molecule has 2 aromatic rings. The van der Waals surface area contributed by atoms with Gasteiger partial charge in [-0.2, -0.15) is 0 Å². The van der Waals surface area contributed by atoms with Crippen molar-refractivity contribution in [2.24, 2.45) is 0 Å². The topological polar surface area (TPSA) is 0 Å². The van der Waals surface area contributed by atoms with Gasteiger partial charge in [-0.3, -0.25) is 0 Å². The van der Waals surface area contributed by atoms with Gasteiger partial charge in [-0.15, -0.1) is 0 Å². The van der Waals surface area contributed by atoms with Crippen molar-refractivity contribution in [3.63, 3.8) is 0 Å². The SMILES string of the molecule is CCC[Si](CCC)(CCC)CCCCCCc1ccccc1-c1ccc(F)c(F)c1F. The van der Waals surface area contributed by atoms with E-state index in [0.717, 1.165) is 30.9 Å². The maximum atomic E-state index is 14.3. The molecular formula is C27H39F3Si. The molecule has 0 unspecified atom stereocenters. The zero-order chi connectivity index (χ0) is 22.7. The van der Waals surface area contributed by atoms with E-state index in [4.69, 9.17) is 0 Å². The first kappa shape index (κ1) is 25.7. The van der Waals surface area contributed by atoms with E-state index in [1.165, 1.54) is 62.3 Å². The second-order valence-electron chi connectivity index (χ2n) is 9.04. The summed E-state index contributed by atoms with van der Waals surface area (Å²) in [7, 11) is -1.10. The minimum Gasteiger partial charge on any atom is -0.204 e. The molecule has 0 nitrogen and oxygen atoms in total. The molecule has 0 spiro atoms. The van der Waals surface area contributed by atoms with Gasteiger partial charge in [-0.1, -0.05) is 108 Å². The number of aryl methyl sites for hydroxylation is 1. The third kappa shape index (κ3) is 7.23. The minimum atomic E-state index is -1.40. The molecule has 0 aliphatic rings. The highest BCUT2D eigenvalue weighted by Gasteiger charge is 2.29. The zero-order valence-electron chi connectivity index (χ0n) is 19.6. The van der Waals surface area contributed by atoms with E-state index in [2.05, 4.69) is 20.8 Å². The maximum absolute atomic E-state index is 14.3. The van der Waals surface area contributed by atoms with E-state index in [0.29, 0.717) is 5.56 Å². The first-order chi connectivity index (χ1) is 15.0. The van der Waals surface area contributed by atoms with Crippen molar-refractivity contribution in [2.75, 3.05) is 0 Å². The van der Waals surface area contributed by atoms with Crippen LogP contribution in [0.1, 0.15) is 71.3 Å². The Labute approximate surface area is 188 Å². The fourth-order valence-corrected chi connectivity index (χ4v) is 10.9. The number of hydrogen-bond donors (Lipinski definition) is 0. The molecule has 0 N–H and O–H groups in total. The van der Waals surface area contributed by atoms with Gasteiger partial charge in [0, 0.05) is 5.56 Å². The lowest BCUT2D eigenvalue weighted by molar-refractivity contribution is 0.449. The summed E-state index contributed by atoms with van der Waals surface area (Å²) in [6, 6.07) is 15.7. The quantitative estimate of drug-likeness (QED) is 0.153. The Morgan fingerprint density at radius 3 is 1.87 bits per heavy atom. The molecule has 0 radical (unpaired) electrons. The van der Waals surface area contributed by atoms with E-state index in [1.54, 1.807) is 6.07 Å². The first-order valence-corrected chi connectivity index (χ1v) is 15.0. The van der Waals surface area contributed by atoms with Crippen LogP contribution in [0.5, 0.6) is 0 Å². The summed E-state index contributed by atoms with van der Waals surface area (Å²) in [5.41, 5.74) is 1.81. The van der Waals surface area contributed by atoms with Crippen LogP contribution in [-0.4, -0.2) is 8.07 Å². The van der Waals surface area contributed by atoms with E-state index < -0.39 is 25.5 Å². The number of benzene rings is 2. The Morgan fingerprint density at radius 1 is 0.613 bits per heavy atom. The summed E-state index contributed by atoms with van der Waals surface area (Å²) in [5, 5.41) is 0. The summed E-state index contributed by atoms with van der Waals surface area (Å²) in [4.78, 5) is 0. The molecule has 4 heteroatoms.